The van der Waals surface area contributed by atoms with Crippen molar-refractivity contribution in [3.63, 3.8) is 0 Å². The lowest BCUT2D eigenvalue weighted by atomic mass is 10.2. The summed E-state index contributed by atoms with van der Waals surface area (Å²) in [6.07, 6.45) is 0.640. The van der Waals surface area contributed by atoms with E-state index < -0.39 is 4.92 Å². The maximum atomic E-state index is 12.7. The molecule has 1 amide bonds. The maximum absolute atomic E-state index is 12.7. The van der Waals surface area contributed by atoms with Crippen molar-refractivity contribution >= 4 is 44.5 Å². The first-order valence-electron chi connectivity index (χ1n) is 8.21. The molecular weight excluding hydrogens is 352 g/mol. The number of nitro groups is 1. The van der Waals surface area contributed by atoms with Crippen molar-refractivity contribution in [1.29, 1.82) is 0 Å². The molecule has 0 saturated carbocycles. The Morgan fingerprint density at radius 1 is 1.31 bits per heavy atom. The molecule has 1 saturated heterocycles. The molecule has 0 aliphatic carbocycles. The zero-order valence-corrected chi connectivity index (χ0v) is 14.8. The molecule has 4 rings (SSSR count). The number of carbonyl (C=O) groups excluding carboxylic acids is 1. The van der Waals surface area contributed by atoms with Crippen molar-refractivity contribution in [2.45, 2.75) is 19.4 Å². The highest BCUT2D eigenvalue weighted by atomic mass is 32.1. The number of hydrogen-bond donors (Lipinski definition) is 1. The molecule has 0 radical (unpaired) electrons. The van der Waals surface area contributed by atoms with Gasteiger partial charge in [-0.3, -0.25) is 14.9 Å². The van der Waals surface area contributed by atoms with Crippen LogP contribution in [0.1, 0.15) is 11.4 Å². The Hall–Kier alpha value is -3.00. The molecule has 132 valence electrons. The van der Waals surface area contributed by atoms with Gasteiger partial charge in [-0.2, -0.15) is 0 Å². The van der Waals surface area contributed by atoms with Gasteiger partial charge in [0.2, 0.25) is 5.91 Å². The third-order valence-corrected chi connectivity index (χ3v) is 5.33. The van der Waals surface area contributed by atoms with E-state index in [1.54, 1.807) is 28.4 Å². The Bertz CT molecular complexity index is 1020. The second-order valence-corrected chi connectivity index (χ2v) is 7.40. The van der Waals surface area contributed by atoms with Crippen molar-refractivity contribution in [2.24, 2.45) is 0 Å². The number of nitrogens with zero attached hydrogens (tertiary/aromatic N) is 3. The zero-order valence-electron chi connectivity index (χ0n) is 14.0. The number of aromatic nitrogens is 1. The van der Waals surface area contributed by atoms with Crippen molar-refractivity contribution in [3.8, 4) is 0 Å². The first-order valence-corrected chi connectivity index (χ1v) is 9.02. The van der Waals surface area contributed by atoms with E-state index >= 15 is 0 Å². The summed E-state index contributed by atoms with van der Waals surface area (Å²) in [5, 5.41) is 15.2. The molecule has 0 bridgehead atoms. The number of thiazole rings is 1. The van der Waals surface area contributed by atoms with E-state index in [1.165, 1.54) is 12.1 Å². The third kappa shape index (κ3) is 2.99. The molecule has 1 aliphatic rings. The van der Waals surface area contributed by atoms with E-state index in [2.05, 4.69) is 10.3 Å². The van der Waals surface area contributed by atoms with Crippen molar-refractivity contribution < 1.29 is 9.72 Å². The predicted molar refractivity (Wildman–Crippen MR) is 102 cm³/mol. The monoisotopic (exact) mass is 368 g/mol. The van der Waals surface area contributed by atoms with Gasteiger partial charge in [-0.15, -0.1) is 11.3 Å². The van der Waals surface area contributed by atoms with Gasteiger partial charge in [0, 0.05) is 24.4 Å². The fourth-order valence-corrected chi connectivity index (χ4v) is 4.04. The topological polar surface area (TPSA) is 88.4 Å². The Balaban J connectivity index is 1.53. The van der Waals surface area contributed by atoms with Crippen LogP contribution in [0.5, 0.6) is 0 Å². The van der Waals surface area contributed by atoms with E-state index in [1.807, 2.05) is 25.1 Å². The molecule has 2 heterocycles. The van der Waals surface area contributed by atoms with Crippen LogP contribution in [0.3, 0.4) is 0 Å². The van der Waals surface area contributed by atoms with Crippen LogP contribution in [0, 0.1) is 17.0 Å². The SMILES string of the molecule is Cc1nc2ccc(NC3CCN(c4cccc([N+](=O)[O-])c4)C3=O)cc2s1. The van der Waals surface area contributed by atoms with Gasteiger partial charge in [0.05, 0.1) is 25.8 Å². The standard InChI is InChI=1S/C18H16N4O3S/c1-11-19-15-6-5-12(9-17(15)26-11)20-16-7-8-21(18(16)23)13-3-2-4-14(10-13)22(24)25/h2-6,9-10,16,20H,7-8H2,1H3. The molecule has 2 aromatic carbocycles. The summed E-state index contributed by atoms with van der Waals surface area (Å²) in [7, 11) is 0. The lowest BCUT2D eigenvalue weighted by molar-refractivity contribution is -0.384. The molecule has 3 aromatic rings. The van der Waals surface area contributed by atoms with Crippen molar-refractivity contribution in [3.05, 3.63) is 57.6 Å². The number of aryl methyl sites for hydroxylation is 1. The molecule has 8 heteroatoms. The Kier molecular flexibility index (Phi) is 4.04. The first-order chi connectivity index (χ1) is 12.5. The molecule has 1 aromatic heterocycles. The predicted octanol–water partition coefficient (Wildman–Crippen LogP) is 3.73. The fraction of sp³-hybridized carbons (Fsp3) is 0.222. The molecule has 1 fully saturated rings. The second-order valence-electron chi connectivity index (χ2n) is 6.17. The van der Waals surface area contributed by atoms with Gasteiger partial charge < -0.3 is 10.2 Å². The fourth-order valence-electron chi connectivity index (χ4n) is 3.18. The van der Waals surface area contributed by atoms with Crippen LogP contribution in [0.4, 0.5) is 17.1 Å². The Morgan fingerprint density at radius 2 is 2.15 bits per heavy atom. The molecule has 7 nitrogen and oxygen atoms in total. The molecule has 1 aliphatic heterocycles. The number of benzene rings is 2. The minimum Gasteiger partial charge on any atom is -0.374 e. The van der Waals surface area contributed by atoms with Crippen molar-refractivity contribution in [2.75, 3.05) is 16.8 Å². The highest BCUT2D eigenvalue weighted by Gasteiger charge is 2.33. The normalized spacial score (nSPS) is 17.0. The number of amides is 1. The van der Waals surface area contributed by atoms with Crippen LogP contribution < -0.4 is 10.2 Å². The average Bonchev–Trinajstić information content (AvgIpc) is 3.17. The summed E-state index contributed by atoms with van der Waals surface area (Å²) in [5.41, 5.74) is 2.37. The third-order valence-electron chi connectivity index (χ3n) is 4.39. The van der Waals surface area contributed by atoms with Crippen LogP contribution in [0.2, 0.25) is 0 Å². The first kappa shape index (κ1) is 16.5. The molecule has 0 spiro atoms. The number of hydrogen-bond acceptors (Lipinski definition) is 6. The molecule has 1 N–H and O–H groups in total. The summed E-state index contributed by atoms with van der Waals surface area (Å²) in [5.74, 6) is -0.0777. The van der Waals surface area contributed by atoms with Crippen LogP contribution in [0.15, 0.2) is 42.5 Å². The molecular formula is C18H16N4O3S. The van der Waals surface area contributed by atoms with Gasteiger partial charge in [-0.25, -0.2) is 4.98 Å². The molecule has 1 unspecified atom stereocenters. The van der Waals surface area contributed by atoms with Crippen LogP contribution in [0.25, 0.3) is 10.2 Å². The van der Waals surface area contributed by atoms with Crippen LogP contribution in [-0.2, 0) is 4.79 Å². The molecule has 1 atom stereocenters. The summed E-state index contributed by atoms with van der Waals surface area (Å²) >= 11 is 1.62. The largest absolute Gasteiger partial charge is 0.374 e. The van der Waals surface area contributed by atoms with Crippen molar-refractivity contribution in [1.82, 2.24) is 4.98 Å². The number of non-ortho nitro benzene ring substituents is 1. The highest BCUT2D eigenvalue weighted by molar-refractivity contribution is 7.18. The number of anilines is 2. The second kappa shape index (κ2) is 6.38. The van der Waals surface area contributed by atoms with E-state index in [4.69, 9.17) is 0 Å². The zero-order chi connectivity index (χ0) is 18.3. The number of nitro benzene ring substituents is 1. The highest BCUT2D eigenvalue weighted by Crippen LogP contribution is 2.29. The minimum absolute atomic E-state index is 0.0160. The maximum Gasteiger partial charge on any atom is 0.271 e. The van der Waals surface area contributed by atoms with E-state index in [9.17, 15) is 14.9 Å². The van der Waals surface area contributed by atoms with Crippen LogP contribution >= 0.6 is 11.3 Å². The van der Waals surface area contributed by atoms with Crippen LogP contribution in [-0.4, -0.2) is 28.4 Å². The number of fused-ring (bicyclic) bond motifs is 1. The summed E-state index contributed by atoms with van der Waals surface area (Å²) in [6, 6.07) is 11.7. The van der Waals surface area contributed by atoms with E-state index in [0.717, 1.165) is 20.9 Å². The molecule has 26 heavy (non-hydrogen) atoms. The van der Waals surface area contributed by atoms with Gasteiger partial charge in [-0.05, 0) is 37.6 Å². The number of rotatable bonds is 4. The van der Waals surface area contributed by atoms with Gasteiger partial charge in [0.1, 0.15) is 6.04 Å². The lowest BCUT2D eigenvalue weighted by Gasteiger charge is -2.17. The quantitative estimate of drug-likeness (QED) is 0.560. The smallest absolute Gasteiger partial charge is 0.271 e. The summed E-state index contributed by atoms with van der Waals surface area (Å²) in [4.78, 5) is 29.3. The Morgan fingerprint density at radius 3 is 2.96 bits per heavy atom. The van der Waals surface area contributed by atoms with Gasteiger partial charge in [0.15, 0.2) is 0 Å². The van der Waals surface area contributed by atoms with E-state index in [0.29, 0.717) is 18.7 Å². The summed E-state index contributed by atoms with van der Waals surface area (Å²) in [6.45, 7) is 2.49. The van der Waals surface area contributed by atoms with Gasteiger partial charge >= 0.3 is 0 Å². The number of carbonyl (C=O) groups is 1. The minimum atomic E-state index is -0.452. The van der Waals surface area contributed by atoms with Gasteiger partial charge in [0.25, 0.3) is 5.69 Å². The number of nitrogens with one attached hydrogen (secondary N) is 1. The van der Waals surface area contributed by atoms with E-state index in [-0.39, 0.29) is 17.6 Å². The lowest BCUT2D eigenvalue weighted by Crippen LogP contribution is -2.33. The van der Waals surface area contributed by atoms with Gasteiger partial charge in [-0.1, -0.05) is 6.07 Å². The Labute approximate surface area is 153 Å². The summed E-state index contributed by atoms with van der Waals surface area (Å²) < 4.78 is 1.08. The average molecular weight is 368 g/mol.